The Morgan fingerprint density at radius 3 is 1.79 bits per heavy atom. The van der Waals surface area contributed by atoms with E-state index in [0.29, 0.717) is 30.5 Å². The smallest absolute Gasteiger partial charge is 0.136 e. The molecule has 0 amide bonds. The van der Waals surface area contributed by atoms with Crippen LogP contribution in [0.15, 0.2) is 24.3 Å². The summed E-state index contributed by atoms with van der Waals surface area (Å²) in [4.78, 5) is 4.96. The molecule has 2 heterocycles. The second-order valence-corrected chi connectivity index (χ2v) is 7.39. The van der Waals surface area contributed by atoms with Crippen molar-refractivity contribution >= 4 is 11.4 Å². The Morgan fingerprint density at radius 1 is 0.893 bits per heavy atom. The van der Waals surface area contributed by atoms with Crippen molar-refractivity contribution in [1.82, 2.24) is 9.80 Å². The molecule has 0 N–H and O–H groups in total. The monoisotopic (exact) mass is 380 g/mol. The van der Waals surface area contributed by atoms with E-state index >= 15 is 0 Å². The van der Waals surface area contributed by atoms with E-state index in [2.05, 4.69) is 9.80 Å². The minimum atomic E-state index is 0.143. The number of nitriles is 2. The molecule has 2 aliphatic rings. The minimum absolute atomic E-state index is 0.143. The van der Waals surface area contributed by atoms with E-state index in [1.54, 1.807) is 14.2 Å². The highest BCUT2D eigenvalue weighted by molar-refractivity contribution is 5.72. The number of ether oxygens (including phenoxy) is 2. The van der Waals surface area contributed by atoms with Gasteiger partial charge in [-0.3, -0.25) is 0 Å². The first-order valence-corrected chi connectivity index (χ1v) is 9.89. The first-order valence-electron chi connectivity index (χ1n) is 9.89. The van der Waals surface area contributed by atoms with Crippen LogP contribution >= 0.6 is 0 Å². The molecule has 2 saturated heterocycles. The molecule has 2 aliphatic heterocycles. The summed E-state index contributed by atoms with van der Waals surface area (Å²) >= 11 is 0. The van der Waals surface area contributed by atoms with Gasteiger partial charge < -0.3 is 19.3 Å². The van der Waals surface area contributed by atoms with Crippen molar-refractivity contribution in [2.75, 3.05) is 40.5 Å². The van der Waals surface area contributed by atoms with Crippen molar-refractivity contribution in [3.05, 3.63) is 34.7 Å². The first kappa shape index (κ1) is 20.2. The number of rotatable bonds is 6. The molecular formula is C22H28N4O2. The summed E-state index contributed by atoms with van der Waals surface area (Å²) in [5.74, 6) is 1.22. The predicted molar refractivity (Wildman–Crippen MR) is 107 cm³/mol. The van der Waals surface area contributed by atoms with Gasteiger partial charge in [0, 0.05) is 37.7 Å². The molecule has 2 fully saturated rings. The van der Waals surface area contributed by atoms with Gasteiger partial charge in [0.15, 0.2) is 0 Å². The maximum atomic E-state index is 9.13. The second kappa shape index (κ2) is 9.59. The lowest BCUT2D eigenvalue weighted by Gasteiger charge is -2.38. The van der Waals surface area contributed by atoms with Gasteiger partial charge in [0.25, 0.3) is 0 Å². The zero-order chi connectivity index (χ0) is 19.9. The summed E-state index contributed by atoms with van der Waals surface area (Å²) in [5.41, 5.74) is 0.143. The minimum Gasteiger partial charge on any atom is -0.383 e. The Kier molecular flexibility index (Phi) is 6.92. The molecule has 2 unspecified atom stereocenters. The van der Waals surface area contributed by atoms with Crippen LogP contribution in [-0.2, 0) is 9.47 Å². The van der Waals surface area contributed by atoms with Crippen molar-refractivity contribution in [2.24, 2.45) is 0 Å². The Hall–Kier alpha value is -2.54. The standard InChI is InChI=1S/C22H28N4O2/c1-27-15-20-5-3-11-25(20)22(26-12-4-6-21(26)16-28-2)18-9-7-17(8-10-18)19(13-23)14-24/h7-10,20-21H,3-6,11-12,15-16H2,1-2H3. The molecule has 1 aromatic carbocycles. The third-order valence-electron chi connectivity index (χ3n) is 5.67. The Balaban J connectivity index is 2.11. The fourth-order valence-corrected chi connectivity index (χ4v) is 4.40. The van der Waals surface area contributed by atoms with Gasteiger partial charge in [0.2, 0.25) is 0 Å². The summed E-state index contributed by atoms with van der Waals surface area (Å²) in [7, 11) is 3.52. The second-order valence-electron chi connectivity index (χ2n) is 7.39. The van der Waals surface area contributed by atoms with Crippen LogP contribution in [0.2, 0.25) is 0 Å². The predicted octanol–water partition coefficient (Wildman–Crippen LogP) is 1.17. The van der Waals surface area contributed by atoms with Gasteiger partial charge in [-0.2, -0.15) is 10.5 Å². The average molecular weight is 380 g/mol. The van der Waals surface area contributed by atoms with E-state index < -0.39 is 0 Å². The quantitative estimate of drug-likeness (QED) is 0.738. The van der Waals surface area contributed by atoms with Crippen LogP contribution in [0.1, 0.15) is 25.7 Å². The number of nitrogens with zero attached hydrogens (tertiary/aromatic N) is 4. The molecule has 0 saturated carbocycles. The van der Waals surface area contributed by atoms with Crippen molar-refractivity contribution in [1.29, 1.82) is 10.5 Å². The van der Waals surface area contributed by atoms with Gasteiger partial charge in [0.05, 0.1) is 25.3 Å². The van der Waals surface area contributed by atoms with E-state index in [1.165, 1.54) is 5.82 Å². The van der Waals surface area contributed by atoms with Crippen LogP contribution in [0, 0.1) is 22.7 Å². The average Bonchev–Trinajstić information content (AvgIpc) is 3.36. The molecule has 148 valence electrons. The van der Waals surface area contributed by atoms with Gasteiger partial charge >= 0.3 is 0 Å². The summed E-state index contributed by atoms with van der Waals surface area (Å²) in [5, 5.41) is 20.0. The molecule has 3 rings (SSSR count). The Morgan fingerprint density at radius 2 is 1.36 bits per heavy atom. The number of hydrogen-bond donors (Lipinski definition) is 0. The maximum Gasteiger partial charge on any atom is 0.136 e. The van der Waals surface area contributed by atoms with Crippen molar-refractivity contribution in [3.63, 3.8) is 0 Å². The molecule has 2 atom stereocenters. The molecular weight excluding hydrogens is 352 g/mol. The molecule has 0 aliphatic carbocycles. The van der Waals surface area contributed by atoms with E-state index in [-0.39, 0.29) is 5.57 Å². The normalized spacial score (nSPS) is 21.4. The van der Waals surface area contributed by atoms with Gasteiger partial charge in [-0.1, -0.05) is 24.3 Å². The largest absolute Gasteiger partial charge is 0.383 e. The fraction of sp³-hybridized carbons (Fsp3) is 0.545. The van der Waals surface area contributed by atoms with Crippen LogP contribution in [0.5, 0.6) is 0 Å². The van der Waals surface area contributed by atoms with E-state index in [0.717, 1.165) is 44.0 Å². The molecule has 6 nitrogen and oxygen atoms in total. The topological polar surface area (TPSA) is 72.5 Å². The van der Waals surface area contributed by atoms with Crippen LogP contribution in [0.4, 0.5) is 0 Å². The molecule has 1 aromatic rings. The maximum absolute atomic E-state index is 9.13. The fourth-order valence-electron chi connectivity index (χ4n) is 4.40. The SMILES string of the molecule is COCC1CCCN1C(=c1ccc(=C(C#N)C#N)cc1)N1CCCC1COC. The lowest BCUT2D eigenvalue weighted by molar-refractivity contribution is 0.110. The molecule has 0 aromatic heterocycles. The van der Waals surface area contributed by atoms with Gasteiger partial charge in [-0.25, -0.2) is 0 Å². The van der Waals surface area contributed by atoms with E-state index in [9.17, 15) is 0 Å². The molecule has 0 radical (unpaired) electrons. The highest BCUT2D eigenvalue weighted by atomic mass is 16.5. The van der Waals surface area contributed by atoms with Crippen molar-refractivity contribution < 1.29 is 9.47 Å². The number of methoxy groups -OCH3 is 2. The Labute approximate surface area is 166 Å². The zero-order valence-corrected chi connectivity index (χ0v) is 16.7. The van der Waals surface area contributed by atoms with Gasteiger partial charge in [0.1, 0.15) is 23.5 Å². The number of likely N-dealkylation sites (tertiary alicyclic amines) is 2. The lowest BCUT2D eigenvalue weighted by Crippen LogP contribution is -2.45. The molecule has 28 heavy (non-hydrogen) atoms. The number of benzene rings is 1. The lowest BCUT2D eigenvalue weighted by atomic mass is 10.1. The van der Waals surface area contributed by atoms with Crippen molar-refractivity contribution in [2.45, 2.75) is 37.8 Å². The molecule has 0 bridgehead atoms. The Bertz CT molecular complexity index is 818. The summed E-state index contributed by atoms with van der Waals surface area (Å²) in [6.07, 6.45) is 4.55. The zero-order valence-electron chi connectivity index (χ0n) is 16.7. The highest BCUT2D eigenvalue weighted by Crippen LogP contribution is 2.30. The number of hydrogen-bond acceptors (Lipinski definition) is 6. The summed E-state index contributed by atoms with van der Waals surface area (Å²) < 4.78 is 11.0. The molecule has 0 spiro atoms. The molecule has 6 heteroatoms. The third kappa shape index (κ3) is 4.14. The van der Waals surface area contributed by atoms with Crippen LogP contribution < -0.4 is 10.4 Å². The van der Waals surface area contributed by atoms with Crippen LogP contribution in [0.25, 0.3) is 11.4 Å². The van der Waals surface area contributed by atoms with Crippen LogP contribution in [0.3, 0.4) is 0 Å². The summed E-state index contributed by atoms with van der Waals surface area (Å²) in [6, 6.07) is 12.5. The van der Waals surface area contributed by atoms with Gasteiger partial charge in [-0.05, 0) is 25.7 Å². The van der Waals surface area contributed by atoms with Gasteiger partial charge in [-0.15, -0.1) is 0 Å². The van der Waals surface area contributed by atoms with E-state index in [1.807, 2.05) is 36.4 Å². The van der Waals surface area contributed by atoms with Crippen molar-refractivity contribution in [3.8, 4) is 12.1 Å². The summed E-state index contributed by atoms with van der Waals surface area (Å²) in [6.45, 7) is 3.44. The first-order chi connectivity index (χ1) is 13.7. The highest BCUT2D eigenvalue weighted by Gasteiger charge is 2.34. The van der Waals surface area contributed by atoms with E-state index in [4.69, 9.17) is 20.0 Å². The van der Waals surface area contributed by atoms with Crippen LogP contribution in [-0.4, -0.2) is 62.4 Å². The third-order valence-corrected chi connectivity index (χ3v) is 5.67.